The Morgan fingerprint density at radius 3 is 2.75 bits per heavy atom. The van der Waals surface area contributed by atoms with Gasteiger partial charge in [0.15, 0.2) is 5.75 Å². The molecular weight excluding hydrogens is 250 g/mol. The Morgan fingerprint density at radius 1 is 1.44 bits per heavy atom. The molecule has 0 unspecified atom stereocenters. The summed E-state index contributed by atoms with van der Waals surface area (Å²) in [6, 6.07) is 4.52. The van der Waals surface area contributed by atoms with Crippen LogP contribution in [0.4, 0.5) is 5.69 Å². The summed E-state index contributed by atoms with van der Waals surface area (Å²) in [6.45, 7) is 1.91. The predicted octanol–water partition coefficient (Wildman–Crippen LogP) is 2.59. The van der Waals surface area contributed by atoms with Crippen LogP contribution in [0.15, 0.2) is 18.2 Å². The van der Waals surface area contributed by atoms with E-state index >= 15 is 0 Å². The SMILES string of the molecule is CCCCS(=O)(=O)Nc1cccc(Cl)c1O. The minimum atomic E-state index is -3.40. The number of rotatable bonds is 5. The molecule has 0 saturated heterocycles. The molecule has 0 aliphatic heterocycles. The third-order valence-corrected chi connectivity index (χ3v) is 3.68. The second-order valence-corrected chi connectivity index (χ2v) is 5.66. The van der Waals surface area contributed by atoms with Crippen LogP contribution >= 0.6 is 11.6 Å². The zero-order valence-electron chi connectivity index (χ0n) is 8.90. The number of phenols is 1. The maximum atomic E-state index is 11.6. The van der Waals surface area contributed by atoms with E-state index in [1.807, 2.05) is 6.92 Å². The van der Waals surface area contributed by atoms with Gasteiger partial charge in [-0.3, -0.25) is 4.72 Å². The number of para-hydroxylation sites is 1. The van der Waals surface area contributed by atoms with Crippen LogP contribution in [0.5, 0.6) is 5.75 Å². The van der Waals surface area contributed by atoms with Crippen LogP contribution in [-0.4, -0.2) is 19.3 Å². The second-order valence-electron chi connectivity index (χ2n) is 3.41. The molecule has 0 saturated carbocycles. The van der Waals surface area contributed by atoms with E-state index in [1.165, 1.54) is 12.1 Å². The smallest absolute Gasteiger partial charge is 0.232 e. The Bertz CT molecular complexity index is 459. The van der Waals surface area contributed by atoms with Crippen LogP contribution in [-0.2, 0) is 10.0 Å². The Hall–Kier alpha value is -0.940. The van der Waals surface area contributed by atoms with Crippen molar-refractivity contribution in [2.45, 2.75) is 19.8 Å². The summed E-state index contributed by atoms with van der Waals surface area (Å²) in [6.07, 6.45) is 1.37. The molecule has 6 heteroatoms. The first-order valence-corrected chi connectivity index (χ1v) is 6.97. The van der Waals surface area contributed by atoms with Crippen molar-refractivity contribution in [3.63, 3.8) is 0 Å². The molecule has 1 aromatic carbocycles. The van der Waals surface area contributed by atoms with E-state index in [9.17, 15) is 13.5 Å². The summed E-state index contributed by atoms with van der Waals surface area (Å²) >= 11 is 5.66. The van der Waals surface area contributed by atoms with Crippen LogP contribution < -0.4 is 4.72 Å². The van der Waals surface area contributed by atoms with Crippen molar-refractivity contribution in [1.82, 2.24) is 0 Å². The first kappa shape index (κ1) is 13.1. The highest BCUT2D eigenvalue weighted by Crippen LogP contribution is 2.31. The van der Waals surface area contributed by atoms with Gasteiger partial charge >= 0.3 is 0 Å². The minimum Gasteiger partial charge on any atom is -0.504 e. The van der Waals surface area contributed by atoms with Crippen molar-refractivity contribution in [1.29, 1.82) is 0 Å². The summed E-state index contributed by atoms with van der Waals surface area (Å²) in [5, 5.41) is 9.65. The molecule has 0 aromatic heterocycles. The highest BCUT2D eigenvalue weighted by atomic mass is 35.5. The van der Waals surface area contributed by atoms with Crippen LogP contribution in [0.25, 0.3) is 0 Å². The molecule has 4 nitrogen and oxygen atoms in total. The van der Waals surface area contributed by atoms with E-state index in [-0.39, 0.29) is 22.2 Å². The van der Waals surface area contributed by atoms with Gasteiger partial charge in [0.25, 0.3) is 0 Å². The first-order valence-electron chi connectivity index (χ1n) is 4.94. The molecule has 16 heavy (non-hydrogen) atoms. The highest BCUT2D eigenvalue weighted by Gasteiger charge is 2.13. The molecule has 1 aromatic rings. The van der Waals surface area contributed by atoms with E-state index in [2.05, 4.69) is 4.72 Å². The molecule has 2 N–H and O–H groups in total. The third-order valence-electron chi connectivity index (χ3n) is 2.02. The number of aromatic hydroxyl groups is 1. The average molecular weight is 264 g/mol. The van der Waals surface area contributed by atoms with E-state index in [1.54, 1.807) is 6.07 Å². The summed E-state index contributed by atoms with van der Waals surface area (Å²) in [5.41, 5.74) is 0.114. The Kier molecular flexibility index (Phi) is 4.44. The predicted molar refractivity (Wildman–Crippen MR) is 65.4 cm³/mol. The van der Waals surface area contributed by atoms with Crippen LogP contribution in [0.1, 0.15) is 19.8 Å². The van der Waals surface area contributed by atoms with E-state index in [4.69, 9.17) is 11.6 Å². The molecule has 0 aliphatic carbocycles. The maximum absolute atomic E-state index is 11.6. The van der Waals surface area contributed by atoms with E-state index in [0.29, 0.717) is 6.42 Å². The van der Waals surface area contributed by atoms with E-state index < -0.39 is 10.0 Å². The van der Waals surface area contributed by atoms with Gasteiger partial charge in [-0.2, -0.15) is 0 Å². The summed E-state index contributed by atoms with van der Waals surface area (Å²) in [4.78, 5) is 0. The Morgan fingerprint density at radius 2 is 2.12 bits per heavy atom. The van der Waals surface area contributed by atoms with Gasteiger partial charge < -0.3 is 5.11 Å². The van der Waals surface area contributed by atoms with Gasteiger partial charge in [-0.05, 0) is 18.6 Å². The average Bonchev–Trinajstić information content (AvgIpc) is 2.22. The molecule has 0 radical (unpaired) electrons. The number of phenolic OH excluding ortho intramolecular Hbond substituents is 1. The largest absolute Gasteiger partial charge is 0.504 e. The lowest BCUT2D eigenvalue weighted by atomic mass is 10.3. The number of benzene rings is 1. The zero-order chi connectivity index (χ0) is 12.2. The molecule has 0 fully saturated rings. The fourth-order valence-corrected chi connectivity index (χ4v) is 2.60. The van der Waals surface area contributed by atoms with Gasteiger partial charge in [-0.15, -0.1) is 0 Å². The number of nitrogens with one attached hydrogen (secondary N) is 1. The summed E-state index contributed by atoms with van der Waals surface area (Å²) < 4.78 is 25.4. The molecule has 0 atom stereocenters. The number of hydrogen-bond donors (Lipinski definition) is 2. The number of sulfonamides is 1. The van der Waals surface area contributed by atoms with Gasteiger partial charge in [0, 0.05) is 0 Å². The normalized spacial score (nSPS) is 11.4. The van der Waals surface area contributed by atoms with Gasteiger partial charge in [0.05, 0.1) is 16.5 Å². The van der Waals surface area contributed by atoms with Crippen molar-refractivity contribution in [3.05, 3.63) is 23.2 Å². The molecule has 0 heterocycles. The Labute approximate surface area is 100 Å². The lowest BCUT2D eigenvalue weighted by Gasteiger charge is -2.09. The van der Waals surface area contributed by atoms with Crippen LogP contribution in [0.2, 0.25) is 5.02 Å². The van der Waals surface area contributed by atoms with Crippen LogP contribution in [0.3, 0.4) is 0 Å². The first-order chi connectivity index (χ1) is 7.46. The molecule has 90 valence electrons. The molecule has 0 spiro atoms. The monoisotopic (exact) mass is 263 g/mol. The van der Waals surface area contributed by atoms with Crippen molar-refractivity contribution in [2.75, 3.05) is 10.5 Å². The molecule has 1 rings (SSSR count). The maximum Gasteiger partial charge on any atom is 0.232 e. The Balaban J connectivity index is 2.84. The molecular formula is C10H14ClNO3S. The van der Waals surface area contributed by atoms with Crippen molar-refractivity contribution >= 4 is 27.3 Å². The van der Waals surface area contributed by atoms with Crippen molar-refractivity contribution in [2.24, 2.45) is 0 Å². The fourth-order valence-electron chi connectivity index (χ4n) is 1.15. The third kappa shape index (κ3) is 3.57. The van der Waals surface area contributed by atoms with Crippen LogP contribution in [0, 0.1) is 0 Å². The summed E-state index contributed by atoms with van der Waals surface area (Å²) in [5.74, 6) is -0.209. The van der Waals surface area contributed by atoms with Gasteiger partial charge in [-0.25, -0.2) is 8.42 Å². The number of anilines is 1. The van der Waals surface area contributed by atoms with Gasteiger partial charge in [0.2, 0.25) is 10.0 Å². The molecule has 0 aliphatic rings. The fraction of sp³-hybridized carbons (Fsp3) is 0.400. The van der Waals surface area contributed by atoms with Crippen molar-refractivity contribution in [3.8, 4) is 5.75 Å². The quantitative estimate of drug-likeness (QED) is 0.803. The molecule has 0 bridgehead atoms. The number of hydrogen-bond acceptors (Lipinski definition) is 3. The molecule has 0 amide bonds. The van der Waals surface area contributed by atoms with Gasteiger partial charge in [-0.1, -0.05) is 31.0 Å². The number of halogens is 1. The van der Waals surface area contributed by atoms with E-state index in [0.717, 1.165) is 6.42 Å². The minimum absolute atomic E-state index is 0.0372. The highest BCUT2D eigenvalue weighted by molar-refractivity contribution is 7.92. The standard InChI is InChI=1S/C10H14ClNO3S/c1-2-3-7-16(14,15)12-9-6-4-5-8(11)10(9)13/h4-6,12-13H,2-3,7H2,1H3. The zero-order valence-corrected chi connectivity index (χ0v) is 10.5. The second kappa shape index (κ2) is 5.41. The topological polar surface area (TPSA) is 66.4 Å². The summed E-state index contributed by atoms with van der Waals surface area (Å²) in [7, 11) is -3.40. The van der Waals surface area contributed by atoms with Crippen molar-refractivity contribution < 1.29 is 13.5 Å². The lowest BCUT2D eigenvalue weighted by molar-refractivity contribution is 0.478. The lowest BCUT2D eigenvalue weighted by Crippen LogP contribution is -2.16. The van der Waals surface area contributed by atoms with Gasteiger partial charge in [0.1, 0.15) is 0 Å². The number of unbranched alkanes of at least 4 members (excludes halogenated alkanes) is 1.